The number of anilines is 1. The summed E-state index contributed by atoms with van der Waals surface area (Å²) in [6.07, 6.45) is 2.36. The molecule has 3 aromatic rings. The molecule has 0 spiro atoms. The van der Waals surface area contributed by atoms with Gasteiger partial charge in [0.25, 0.3) is 0 Å². The quantitative estimate of drug-likeness (QED) is 0.693. The molecule has 2 heterocycles. The van der Waals surface area contributed by atoms with E-state index in [1.807, 2.05) is 31.3 Å². The van der Waals surface area contributed by atoms with E-state index in [1.54, 1.807) is 18.3 Å². The van der Waals surface area contributed by atoms with E-state index < -0.39 is 0 Å². The van der Waals surface area contributed by atoms with Crippen LogP contribution >= 0.6 is 15.9 Å². The van der Waals surface area contributed by atoms with E-state index in [1.165, 1.54) is 6.07 Å². The Morgan fingerprint density at radius 1 is 1.26 bits per heavy atom. The number of carbonyl (C=O) groups excluding carboxylic acids is 1. The van der Waals surface area contributed by atoms with E-state index in [9.17, 15) is 9.32 Å². The van der Waals surface area contributed by atoms with Gasteiger partial charge in [0.05, 0.1) is 4.47 Å². The second-order valence-electron chi connectivity index (χ2n) is 4.38. The highest BCUT2D eigenvalue weighted by atomic mass is 79.9. The lowest BCUT2D eigenvalue weighted by Gasteiger charge is -1.99. The fraction of sp³-hybridized carbons (Fsp3) is 0.0625. The van der Waals surface area contributed by atoms with Crippen molar-refractivity contribution < 1.29 is 14.3 Å². The highest BCUT2D eigenvalue weighted by molar-refractivity contribution is 9.10. The van der Waals surface area contributed by atoms with Crippen LogP contribution < -0.4 is 10.3 Å². The molecular formula is C16H13BrFN3O2. The molecular weight excluding hydrogens is 365 g/mol. The number of aldehydes is 1. The molecule has 0 atom stereocenters. The smallest absolute Gasteiger partial charge is 0.186 e. The standard InChI is InChI=1S/C9H9N3.C7H4BrFO2/c1-10-8-5-4-7-3-2-6-11-9(7)12-8;8-6-2-1-5(4-10)3-7(6)11-9/h2-6H,1H3,(H,10,11,12);1-4H. The van der Waals surface area contributed by atoms with Gasteiger partial charge in [0.1, 0.15) is 12.1 Å². The van der Waals surface area contributed by atoms with Crippen LogP contribution in [0, 0.1) is 0 Å². The lowest BCUT2D eigenvalue weighted by atomic mass is 10.2. The molecule has 0 aliphatic heterocycles. The number of aromatic nitrogens is 2. The van der Waals surface area contributed by atoms with Crippen molar-refractivity contribution in [1.29, 1.82) is 0 Å². The van der Waals surface area contributed by atoms with Gasteiger partial charge in [-0.3, -0.25) is 9.74 Å². The van der Waals surface area contributed by atoms with Gasteiger partial charge in [-0.25, -0.2) is 9.97 Å². The van der Waals surface area contributed by atoms with Crippen LogP contribution in [-0.2, 0) is 0 Å². The molecule has 7 heteroatoms. The van der Waals surface area contributed by atoms with Crippen molar-refractivity contribution in [3.63, 3.8) is 0 Å². The van der Waals surface area contributed by atoms with Crippen molar-refractivity contribution in [2.75, 3.05) is 12.4 Å². The van der Waals surface area contributed by atoms with E-state index in [2.05, 4.69) is 36.2 Å². The molecule has 0 aliphatic rings. The predicted octanol–water partition coefficient (Wildman–Crippen LogP) is 4.20. The Hall–Kier alpha value is -2.54. The van der Waals surface area contributed by atoms with Crippen LogP contribution in [0.25, 0.3) is 11.0 Å². The third-order valence-electron chi connectivity index (χ3n) is 2.89. The van der Waals surface area contributed by atoms with Crippen LogP contribution in [0.3, 0.4) is 0 Å². The minimum Gasteiger partial charge on any atom is -0.373 e. The van der Waals surface area contributed by atoms with Gasteiger partial charge in [-0.15, -0.1) is 0 Å². The van der Waals surface area contributed by atoms with Gasteiger partial charge in [0.15, 0.2) is 11.4 Å². The maximum atomic E-state index is 11.7. The molecule has 0 amide bonds. The lowest BCUT2D eigenvalue weighted by molar-refractivity contribution is -0.00718. The molecule has 2 aromatic heterocycles. The highest BCUT2D eigenvalue weighted by Gasteiger charge is 2.02. The Labute approximate surface area is 140 Å². The SMILES string of the molecule is CNc1ccc2cccnc2n1.O=Cc1ccc(Br)c(OF)c1. The number of hydrogen-bond donors (Lipinski definition) is 1. The van der Waals surface area contributed by atoms with Crippen LogP contribution in [0.15, 0.2) is 53.1 Å². The summed E-state index contributed by atoms with van der Waals surface area (Å²) in [7, 11) is 1.84. The average Bonchev–Trinajstić information content (AvgIpc) is 2.62. The van der Waals surface area contributed by atoms with Crippen molar-refractivity contribution >= 4 is 39.1 Å². The first kappa shape index (κ1) is 16.8. The Balaban J connectivity index is 0.000000168. The number of benzene rings is 1. The molecule has 1 N–H and O–H groups in total. The van der Waals surface area contributed by atoms with Crippen molar-refractivity contribution in [3.05, 3.63) is 58.7 Å². The second kappa shape index (κ2) is 8.19. The number of halogens is 2. The van der Waals surface area contributed by atoms with Gasteiger partial charge in [0, 0.05) is 28.7 Å². The summed E-state index contributed by atoms with van der Waals surface area (Å²) >= 11 is 3.04. The maximum absolute atomic E-state index is 11.7. The zero-order valence-electron chi connectivity index (χ0n) is 12.2. The Bertz CT molecular complexity index is 814. The molecule has 5 nitrogen and oxygen atoms in total. The summed E-state index contributed by atoms with van der Waals surface area (Å²) in [5.41, 5.74) is 1.16. The van der Waals surface area contributed by atoms with E-state index in [0.29, 0.717) is 16.3 Å². The van der Waals surface area contributed by atoms with Crippen LogP contribution in [-0.4, -0.2) is 23.3 Å². The van der Waals surface area contributed by atoms with E-state index in [0.717, 1.165) is 16.9 Å². The fourth-order valence-electron chi connectivity index (χ4n) is 1.74. The number of nitrogens with zero attached hydrogens (tertiary/aromatic N) is 2. The molecule has 23 heavy (non-hydrogen) atoms. The Morgan fingerprint density at radius 3 is 2.78 bits per heavy atom. The zero-order valence-corrected chi connectivity index (χ0v) is 13.7. The third kappa shape index (κ3) is 4.46. The van der Waals surface area contributed by atoms with E-state index in [4.69, 9.17) is 0 Å². The summed E-state index contributed by atoms with van der Waals surface area (Å²) in [4.78, 5) is 22.1. The average molecular weight is 378 g/mol. The number of rotatable bonds is 3. The molecule has 0 radical (unpaired) electrons. The molecule has 0 saturated heterocycles. The Morgan fingerprint density at radius 2 is 2.09 bits per heavy atom. The minimum atomic E-state index is 0.00889. The first-order chi connectivity index (χ1) is 11.2. The summed E-state index contributed by atoms with van der Waals surface area (Å²) in [5.74, 6) is 0.857. The van der Waals surface area contributed by atoms with Crippen LogP contribution in [0.1, 0.15) is 10.4 Å². The summed E-state index contributed by atoms with van der Waals surface area (Å²) in [5, 5.41) is 4.03. The largest absolute Gasteiger partial charge is 0.373 e. The minimum absolute atomic E-state index is 0.00889. The summed E-state index contributed by atoms with van der Waals surface area (Å²) in [6, 6.07) is 12.2. The van der Waals surface area contributed by atoms with Gasteiger partial charge in [-0.1, -0.05) is 6.07 Å². The topological polar surface area (TPSA) is 64.1 Å². The molecule has 3 rings (SSSR count). The first-order valence-corrected chi connectivity index (χ1v) is 7.40. The predicted molar refractivity (Wildman–Crippen MR) is 90.4 cm³/mol. The van der Waals surface area contributed by atoms with Crippen molar-refractivity contribution in [2.45, 2.75) is 0 Å². The normalized spacial score (nSPS) is 9.70. The van der Waals surface area contributed by atoms with Gasteiger partial charge in [0.2, 0.25) is 0 Å². The third-order valence-corrected chi connectivity index (χ3v) is 3.55. The summed E-state index contributed by atoms with van der Waals surface area (Å²) < 4.78 is 12.1. The Kier molecular flexibility index (Phi) is 5.99. The molecule has 0 bridgehead atoms. The first-order valence-electron chi connectivity index (χ1n) is 6.60. The molecule has 0 aliphatic carbocycles. The molecule has 1 aromatic carbocycles. The van der Waals surface area contributed by atoms with Gasteiger partial charge in [-0.05, 0) is 52.3 Å². The van der Waals surface area contributed by atoms with Crippen molar-refractivity contribution in [1.82, 2.24) is 9.97 Å². The highest BCUT2D eigenvalue weighted by Crippen LogP contribution is 2.25. The summed E-state index contributed by atoms with van der Waals surface area (Å²) in [6.45, 7) is 0. The van der Waals surface area contributed by atoms with E-state index in [-0.39, 0.29) is 5.75 Å². The van der Waals surface area contributed by atoms with Crippen LogP contribution in [0.4, 0.5) is 10.3 Å². The second-order valence-corrected chi connectivity index (χ2v) is 5.24. The number of nitrogens with one attached hydrogen (secondary N) is 1. The lowest BCUT2D eigenvalue weighted by Crippen LogP contribution is -1.92. The fourth-order valence-corrected chi connectivity index (χ4v) is 2.05. The van der Waals surface area contributed by atoms with Crippen LogP contribution in [0.5, 0.6) is 5.75 Å². The molecule has 118 valence electrons. The maximum Gasteiger partial charge on any atom is 0.186 e. The van der Waals surface area contributed by atoms with Crippen molar-refractivity contribution in [3.8, 4) is 5.75 Å². The number of pyridine rings is 2. The van der Waals surface area contributed by atoms with Gasteiger partial charge < -0.3 is 5.32 Å². The monoisotopic (exact) mass is 377 g/mol. The van der Waals surface area contributed by atoms with Crippen LogP contribution in [0.2, 0.25) is 0 Å². The molecule has 0 fully saturated rings. The molecule has 0 unspecified atom stereocenters. The van der Waals surface area contributed by atoms with E-state index >= 15 is 0 Å². The number of carbonyl (C=O) groups is 1. The number of hydrogen-bond acceptors (Lipinski definition) is 5. The van der Waals surface area contributed by atoms with Gasteiger partial charge >= 0.3 is 0 Å². The number of fused-ring (bicyclic) bond motifs is 1. The molecule has 0 saturated carbocycles. The van der Waals surface area contributed by atoms with Gasteiger partial charge in [-0.2, -0.15) is 0 Å². The van der Waals surface area contributed by atoms with Crippen molar-refractivity contribution in [2.24, 2.45) is 0 Å². The zero-order chi connectivity index (χ0) is 16.7.